The highest BCUT2D eigenvalue weighted by Crippen LogP contribution is 2.29. The molecule has 0 radical (unpaired) electrons. The molecular weight excluding hydrogens is 344 g/mol. The number of carbonyl (C=O) groups excluding carboxylic acids is 1. The van der Waals surface area contributed by atoms with E-state index in [-0.39, 0.29) is 23.4 Å². The number of carbonyl (C=O) groups is 1. The smallest absolute Gasteiger partial charge is 0.278 e. The minimum absolute atomic E-state index is 0.0867. The average Bonchev–Trinajstić information content (AvgIpc) is 2.67. The fraction of sp³-hybridized carbons (Fsp3) is 0.480. The molecular formula is C25H35N2O+. The van der Waals surface area contributed by atoms with Crippen LogP contribution in [0.2, 0.25) is 0 Å². The zero-order valence-corrected chi connectivity index (χ0v) is 18.0. The largest absolute Gasteiger partial charge is 0.344 e. The summed E-state index contributed by atoms with van der Waals surface area (Å²) in [7, 11) is 2.11. The van der Waals surface area contributed by atoms with Crippen LogP contribution in [-0.4, -0.2) is 19.0 Å². The highest BCUT2D eigenvalue weighted by atomic mass is 16.2. The minimum Gasteiger partial charge on any atom is -0.344 e. The maximum atomic E-state index is 12.9. The SMILES string of the molecule is C[C@@H](C(=O)N[C@H]1CCCc2ccccc21)[NH+](C)Cc1ccc(C(C)(C)C)cc1. The van der Waals surface area contributed by atoms with Crippen molar-refractivity contribution in [2.45, 2.75) is 71.0 Å². The number of rotatable bonds is 5. The van der Waals surface area contributed by atoms with Crippen LogP contribution in [0.4, 0.5) is 0 Å². The van der Waals surface area contributed by atoms with Gasteiger partial charge in [-0.1, -0.05) is 69.3 Å². The lowest BCUT2D eigenvalue weighted by atomic mass is 9.86. The van der Waals surface area contributed by atoms with Crippen LogP contribution in [-0.2, 0) is 23.2 Å². The van der Waals surface area contributed by atoms with Crippen molar-refractivity contribution in [2.75, 3.05) is 7.05 Å². The van der Waals surface area contributed by atoms with Crippen LogP contribution < -0.4 is 10.2 Å². The summed E-state index contributed by atoms with van der Waals surface area (Å²) in [5, 5.41) is 3.31. The van der Waals surface area contributed by atoms with Crippen molar-refractivity contribution in [1.82, 2.24) is 5.32 Å². The highest BCUT2D eigenvalue weighted by molar-refractivity contribution is 5.80. The van der Waals surface area contributed by atoms with Crippen LogP contribution in [0.5, 0.6) is 0 Å². The first-order valence-corrected chi connectivity index (χ1v) is 10.6. The maximum Gasteiger partial charge on any atom is 0.278 e. The van der Waals surface area contributed by atoms with Crippen LogP contribution >= 0.6 is 0 Å². The Bertz CT molecular complexity index is 804. The van der Waals surface area contributed by atoms with Gasteiger partial charge in [0.1, 0.15) is 6.54 Å². The third kappa shape index (κ3) is 4.82. The molecule has 3 heteroatoms. The first-order valence-electron chi connectivity index (χ1n) is 10.6. The van der Waals surface area contributed by atoms with Crippen LogP contribution in [0.1, 0.15) is 68.8 Å². The number of hydrogen-bond acceptors (Lipinski definition) is 1. The Balaban J connectivity index is 1.60. The van der Waals surface area contributed by atoms with E-state index in [4.69, 9.17) is 0 Å². The summed E-state index contributed by atoms with van der Waals surface area (Å²) in [5.41, 5.74) is 5.46. The standard InChI is InChI=1S/C25H34N2O/c1-18(27(5)17-19-13-15-21(16-14-19)25(2,3)4)24(28)26-23-12-8-10-20-9-6-7-11-22(20)23/h6-7,9,11,13-16,18,23H,8,10,12,17H2,1-5H3,(H,26,28)/p+1/t18-,23-/m0/s1. The summed E-state index contributed by atoms with van der Waals surface area (Å²) in [4.78, 5) is 14.1. The Hall–Kier alpha value is -2.13. The molecule has 1 amide bonds. The summed E-state index contributed by atoms with van der Waals surface area (Å²) < 4.78 is 0. The van der Waals surface area contributed by atoms with Gasteiger partial charge in [-0.25, -0.2) is 0 Å². The van der Waals surface area contributed by atoms with Crippen molar-refractivity contribution in [1.29, 1.82) is 0 Å². The van der Waals surface area contributed by atoms with E-state index in [1.54, 1.807) is 0 Å². The van der Waals surface area contributed by atoms with E-state index in [9.17, 15) is 4.79 Å². The van der Waals surface area contributed by atoms with Gasteiger partial charge in [-0.15, -0.1) is 0 Å². The molecule has 0 fully saturated rings. The molecule has 0 bridgehead atoms. The summed E-state index contributed by atoms with van der Waals surface area (Å²) in [6.45, 7) is 9.57. The Labute approximate surface area is 170 Å². The lowest BCUT2D eigenvalue weighted by Crippen LogP contribution is -3.12. The zero-order valence-electron chi connectivity index (χ0n) is 18.0. The second kappa shape index (κ2) is 8.48. The Morgan fingerprint density at radius 3 is 2.50 bits per heavy atom. The topological polar surface area (TPSA) is 33.5 Å². The predicted octanol–water partition coefficient (Wildman–Crippen LogP) is 3.58. The van der Waals surface area contributed by atoms with Crippen LogP contribution in [0.25, 0.3) is 0 Å². The van der Waals surface area contributed by atoms with Crippen molar-refractivity contribution in [3.05, 3.63) is 70.8 Å². The van der Waals surface area contributed by atoms with Gasteiger partial charge in [0.05, 0.1) is 13.1 Å². The molecule has 1 aliphatic carbocycles. The number of aryl methyl sites for hydroxylation is 1. The fourth-order valence-corrected chi connectivity index (χ4v) is 4.02. The van der Waals surface area contributed by atoms with E-state index in [0.29, 0.717) is 0 Å². The van der Waals surface area contributed by atoms with E-state index in [1.807, 2.05) is 6.92 Å². The minimum atomic E-state index is -0.0867. The van der Waals surface area contributed by atoms with Crippen molar-refractivity contribution < 1.29 is 9.69 Å². The third-order valence-corrected chi connectivity index (χ3v) is 6.12. The predicted molar refractivity (Wildman–Crippen MR) is 115 cm³/mol. The summed E-state index contributed by atoms with van der Waals surface area (Å²) in [6.07, 6.45) is 3.29. The van der Waals surface area contributed by atoms with Gasteiger partial charge in [0.25, 0.3) is 5.91 Å². The van der Waals surface area contributed by atoms with Gasteiger partial charge in [-0.05, 0) is 48.3 Å². The molecule has 3 nitrogen and oxygen atoms in total. The molecule has 2 N–H and O–H groups in total. The van der Waals surface area contributed by atoms with E-state index in [1.165, 1.54) is 27.2 Å². The number of fused-ring (bicyclic) bond motifs is 1. The molecule has 28 heavy (non-hydrogen) atoms. The van der Waals surface area contributed by atoms with Crippen LogP contribution in [0.3, 0.4) is 0 Å². The average molecular weight is 380 g/mol. The number of nitrogens with one attached hydrogen (secondary N) is 2. The number of likely N-dealkylation sites (N-methyl/N-ethyl adjacent to an activating group) is 1. The number of amides is 1. The first-order chi connectivity index (χ1) is 13.3. The van der Waals surface area contributed by atoms with E-state index in [0.717, 1.165) is 25.8 Å². The fourth-order valence-electron chi connectivity index (χ4n) is 4.02. The van der Waals surface area contributed by atoms with Gasteiger partial charge in [0, 0.05) is 5.56 Å². The lowest BCUT2D eigenvalue weighted by Gasteiger charge is -2.29. The Kier molecular flexibility index (Phi) is 6.24. The number of quaternary nitrogens is 1. The monoisotopic (exact) mass is 379 g/mol. The summed E-state index contributed by atoms with van der Waals surface area (Å²) >= 11 is 0. The maximum absolute atomic E-state index is 12.9. The molecule has 2 aromatic carbocycles. The number of benzene rings is 2. The van der Waals surface area contributed by atoms with Gasteiger partial charge in [-0.3, -0.25) is 4.79 Å². The molecule has 1 unspecified atom stereocenters. The molecule has 0 saturated heterocycles. The van der Waals surface area contributed by atoms with Gasteiger partial charge in [0.2, 0.25) is 0 Å². The molecule has 0 heterocycles. The summed E-state index contributed by atoms with van der Waals surface area (Å²) in [6, 6.07) is 17.4. The third-order valence-electron chi connectivity index (χ3n) is 6.12. The molecule has 0 aliphatic heterocycles. The molecule has 3 atom stereocenters. The van der Waals surface area contributed by atoms with Crippen LogP contribution in [0, 0.1) is 0 Å². The quantitative estimate of drug-likeness (QED) is 0.818. The van der Waals surface area contributed by atoms with E-state index < -0.39 is 0 Å². The second-order valence-corrected chi connectivity index (χ2v) is 9.34. The van der Waals surface area contributed by atoms with Gasteiger partial charge in [0.15, 0.2) is 6.04 Å². The van der Waals surface area contributed by atoms with Gasteiger partial charge >= 0.3 is 0 Å². The second-order valence-electron chi connectivity index (χ2n) is 9.34. The molecule has 2 aromatic rings. The van der Waals surface area contributed by atoms with Crippen molar-refractivity contribution in [3.63, 3.8) is 0 Å². The Morgan fingerprint density at radius 2 is 1.82 bits per heavy atom. The molecule has 150 valence electrons. The van der Waals surface area contributed by atoms with E-state index >= 15 is 0 Å². The van der Waals surface area contributed by atoms with Gasteiger partial charge in [-0.2, -0.15) is 0 Å². The molecule has 0 spiro atoms. The molecule has 0 aromatic heterocycles. The normalized spacial score (nSPS) is 18.8. The molecule has 0 saturated carbocycles. The highest BCUT2D eigenvalue weighted by Gasteiger charge is 2.27. The summed E-state index contributed by atoms with van der Waals surface area (Å²) in [5.74, 6) is 0.144. The number of hydrogen-bond donors (Lipinski definition) is 2. The van der Waals surface area contributed by atoms with Crippen molar-refractivity contribution >= 4 is 5.91 Å². The Morgan fingerprint density at radius 1 is 1.14 bits per heavy atom. The van der Waals surface area contributed by atoms with E-state index in [2.05, 4.69) is 81.7 Å². The lowest BCUT2D eigenvalue weighted by molar-refractivity contribution is -0.908. The zero-order chi connectivity index (χ0) is 20.3. The molecule has 3 rings (SSSR count). The van der Waals surface area contributed by atoms with Crippen LogP contribution in [0.15, 0.2) is 48.5 Å². The first kappa shape index (κ1) is 20.6. The van der Waals surface area contributed by atoms with Gasteiger partial charge < -0.3 is 10.2 Å². The van der Waals surface area contributed by atoms with Crippen molar-refractivity contribution in [3.8, 4) is 0 Å². The molecule has 1 aliphatic rings. The van der Waals surface area contributed by atoms with Crippen molar-refractivity contribution in [2.24, 2.45) is 0 Å².